The van der Waals surface area contributed by atoms with Crippen LogP contribution in [-0.2, 0) is 11.3 Å². The molecular formula is C14H23ClN2OS. The van der Waals surface area contributed by atoms with Crippen LogP contribution in [0.3, 0.4) is 0 Å². The van der Waals surface area contributed by atoms with Crippen molar-refractivity contribution in [3.05, 3.63) is 22.4 Å². The summed E-state index contributed by atoms with van der Waals surface area (Å²) in [4.78, 5) is 0. The zero-order valence-corrected chi connectivity index (χ0v) is 12.8. The van der Waals surface area contributed by atoms with Crippen molar-refractivity contribution in [3.63, 3.8) is 0 Å². The SMILES string of the molecule is Cl.c1cc(CNC2CCCC2C2COCCN2)cs1. The zero-order valence-electron chi connectivity index (χ0n) is 11.1. The Balaban J connectivity index is 0.00000133. The van der Waals surface area contributed by atoms with Gasteiger partial charge in [-0.25, -0.2) is 0 Å². The Labute approximate surface area is 125 Å². The van der Waals surface area contributed by atoms with Gasteiger partial charge in [-0.05, 0) is 41.1 Å². The Kier molecular flexibility index (Phi) is 6.10. The van der Waals surface area contributed by atoms with E-state index < -0.39 is 0 Å². The molecule has 1 aliphatic carbocycles. The Morgan fingerprint density at radius 2 is 2.37 bits per heavy atom. The number of halogens is 1. The lowest BCUT2D eigenvalue weighted by atomic mass is 9.94. The minimum absolute atomic E-state index is 0. The number of rotatable bonds is 4. The summed E-state index contributed by atoms with van der Waals surface area (Å²) in [7, 11) is 0. The van der Waals surface area contributed by atoms with Crippen LogP contribution in [0.4, 0.5) is 0 Å². The number of ether oxygens (including phenoxy) is 1. The van der Waals surface area contributed by atoms with Gasteiger partial charge in [-0.15, -0.1) is 12.4 Å². The van der Waals surface area contributed by atoms with Crippen molar-refractivity contribution in [3.8, 4) is 0 Å². The summed E-state index contributed by atoms with van der Waals surface area (Å²) in [6.07, 6.45) is 4.00. The molecule has 2 fully saturated rings. The standard InChI is InChI=1S/C14H22N2OS.ClH/c1-2-12(14-9-17-6-5-15-14)13(3-1)16-8-11-4-7-18-10-11;/h4,7,10,12-16H,1-3,5-6,8-9H2;1H. The van der Waals surface area contributed by atoms with Gasteiger partial charge >= 0.3 is 0 Å². The summed E-state index contributed by atoms with van der Waals surface area (Å²) in [6, 6.07) is 3.43. The molecule has 2 aliphatic rings. The number of hydrogen-bond acceptors (Lipinski definition) is 4. The quantitative estimate of drug-likeness (QED) is 0.896. The molecule has 1 aliphatic heterocycles. The summed E-state index contributed by atoms with van der Waals surface area (Å²) < 4.78 is 5.60. The molecule has 0 aromatic carbocycles. The fourth-order valence-corrected chi connectivity index (χ4v) is 3.90. The van der Waals surface area contributed by atoms with Crippen molar-refractivity contribution in [1.82, 2.24) is 10.6 Å². The molecule has 0 bridgehead atoms. The van der Waals surface area contributed by atoms with Gasteiger partial charge in [-0.3, -0.25) is 0 Å². The van der Waals surface area contributed by atoms with E-state index in [0.29, 0.717) is 12.1 Å². The van der Waals surface area contributed by atoms with Gasteiger partial charge in [0.15, 0.2) is 0 Å². The Morgan fingerprint density at radius 3 is 3.11 bits per heavy atom. The smallest absolute Gasteiger partial charge is 0.0623 e. The minimum atomic E-state index is 0. The van der Waals surface area contributed by atoms with Gasteiger partial charge in [0.25, 0.3) is 0 Å². The lowest BCUT2D eigenvalue weighted by molar-refractivity contribution is 0.0524. The van der Waals surface area contributed by atoms with Crippen LogP contribution in [0, 0.1) is 5.92 Å². The maximum atomic E-state index is 5.60. The van der Waals surface area contributed by atoms with Gasteiger partial charge in [-0.2, -0.15) is 11.3 Å². The Bertz CT molecular complexity index is 354. The molecule has 3 atom stereocenters. The molecule has 0 radical (unpaired) electrons. The highest BCUT2D eigenvalue weighted by Crippen LogP contribution is 2.29. The van der Waals surface area contributed by atoms with Crippen LogP contribution in [0.25, 0.3) is 0 Å². The average Bonchev–Trinajstić information content (AvgIpc) is 3.09. The summed E-state index contributed by atoms with van der Waals surface area (Å²) in [5.41, 5.74) is 1.42. The van der Waals surface area contributed by atoms with Crippen molar-refractivity contribution in [2.45, 2.75) is 37.9 Å². The van der Waals surface area contributed by atoms with Gasteiger partial charge in [0.2, 0.25) is 0 Å². The monoisotopic (exact) mass is 302 g/mol. The van der Waals surface area contributed by atoms with Gasteiger partial charge in [0.1, 0.15) is 0 Å². The largest absolute Gasteiger partial charge is 0.379 e. The second-order valence-electron chi connectivity index (χ2n) is 5.35. The normalized spacial score (nSPS) is 31.1. The molecule has 3 unspecified atom stereocenters. The zero-order chi connectivity index (χ0) is 12.2. The van der Waals surface area contributed by atoms with E-state index in [1.165, 1.54) is 24.8 Å². The first-order valence-electron chi connectivity index (χ1n) is 6.99. The summed E-state index contributed by atoms with van der Waals surface area (Å²) >= 11 is 1.78. The van der Waals surface area contributed by atoms with E-state index in [4.69, 9.17) is 4.74 Å². The molecule has 2 N–H and O–H groups in total. The van der Waals surface area contributed by atoms with Crippen LogP contribution in [0.2, 0.25) is 0 Å². The molecule has 1 aromatic rings. The summed E-state index contributed by atoms with van der Waals surface area (Å²) in [6.45, 7) is 3.79. The molecule has 3 nitrogen and oxygen atoms in total. The molecule has 3 rings (SSSR count). The number of thiophene rings is 1. The topological polar surface area (TPSA) is 33.3 Å². The third kappa shape index (κ3) is 3.92. The highest BCUT2D eigenvalue weighted by atomic mass is 35.5. The van der Waals surface area contributed by atoms with Crippen LogP contribution in [0.1, 0.15) is 24.8 Å². The first-order chi connectivity index (χ1) is 8.93. The second kappa shape index (κ2) is 7.60. The third-order valence-electron chi connectivity index (χ3n) is 4.19. The van der Waals surface area contributed by atoms with E-state index >= 15 is 0 Å². The van der Waals surface area contributed by atoms with E-state index in [1.807, 2.05) is 0 Å². The van der Waals surface area contributed by atoms with Gasteiger partial charge in [0.05, 0.1) is 13.2 Å². The van der Waals surface area contributed by atoms with Crippen LogP contribution in [0.5, 0.6) is 0 Å². The minimum Gasteiger partial charge on any atom is -0.379 e. The molecule has 0 spiro atoms. The summed E-state index contributed by atoms with van der Waals surface area (Å²) in [5.74, 6) is 0.740. The van der Waals surface area contributed by atoms with Crippen molar-refractivity contribution in [2.24, 2.45) is 5.92 Å². The maximum absolute atomic E-state index is 5.60. The molecule has 5 heteroatoms. The van der Waals surface area contributed by atoms with Crippen molar-refractivity contribution < 1.29 is 4.74 Å². The lowest BCUT2D eigenvalue weighted by Gasteiger charge is -2.33. The van der Waals surface area contributed by atoms with Crippen LogP contribution < -0.4 is 10.6 Å². The third-order valence-corrected chi connectivity index (χ3v) is 4.92. The summed E-state index contributed by atoms with van der Waals surface area (Å²) in [5, 5.41) is 11.8. The van der Waals surface area contributed by atoms with E-state index in [-0.39, 0.29) is 12.4 Å². The fourth-order valence-electron chi connectivity index (χ4n) is 3.23. The Morgan fingerprint density at radius 1 is 1.42 bits per heavy atom. The fraction of sp³-hybridized carbons (Fsp3) is 0.714. The molecule has 1 saturated carbocycles. The van der Waals surface area contributed by atoms with Crippen LogP contribution in [-0.4, -0.2) is 31.8 Å². The Hall–Kier alpha value is -0.130. The predicted octanol–water partition coefficient (Wildman–Crippen LogP) is 2.42. The predicted molar refractivity (Wildman–Crippen MR) is 82.1 cm³/mol. The van der Waals surface area contributed by atoms with E-state index in [0.717, 1.165) is 32.2 Å². The number of morpholine rings is 1. The molecule has 1 saturated heterocycles. The highest BCUT2D eigenvalue weighted by molar-refractivity contribution is 7.07. The van der Waals surface area contributed by atoms with Crippen molar-refractivity contribution >= 4 is 23.7 Å². The molecule has 108 valence electrons. The molecule has 2 heterocycles. The molecule has 1 aromatic heterocycles. The highest BCUT2D eigenvalue weighted by Gasteiger charge is 2.34. The first kappa shape index (κ1) is 15.3. The molecule has 19 heavy (non-hydrogen) atoms. The van der Waals surface area contributed by atoms with Crippen molar-refractivity contribution in [2.75, 3.05) is 19.8 Å². The first-order valence-corrected chi connectivity index (χ1v) is 7.93. The van der Waals surface area contributed by atoms with Gasteiger partial charge in [-0.1, -0.05) is 6.42 Å². The van der Waals surface area contributed by atoms with Crippen LogP contribution in [0.15, 0.2) is 16.8 Å². The molecular weight excluding hydrogens is 280 g/mol. The number of hydrogen-bond donors (Lipinski definition) is 2. The second-order valence-corrected chi connectivity index (χ2v) is 6.13. The number of nitrogens with one attached hydrogen (secondary N) is 2. The van der Waals surface area contributed by atoms with Crippen molar-refractivity contribution in [1.29, 1.82) is 0 Å². The lowest BCUT2D eigenvalue weighted by Crippen LogP contribution is -2.50. The molecule has 0 amide bonds. The van der Waals surface area contributed by atoms with Gasteiger partial charge < -0.3 is 15.4 Å². The maximum Gasteiger partial charge on any atom is 0.0623 e. The van der Waals surface area contributed by atoms with Crippen LogP contribution >= 0.6 is 23.7 Å². The average molecular weight is 303 g/mol. The van der Waals surface area contributed by atoms with E-state index in [9.17, 15) is 0 Å². The van der Waals surface area contributed by atoms with E-state index in [1.54, 1.807) is 11.3 Å². The van der Waals surface area contributed by atoms with E-state index in [2.05, 4.69) is 27.5 Å². The van der Waals surface area contributed by atoms with Gasteiger partial charge in [0, 0.05) is 25.2 Å².